The van der Waals surface area contributed by atoms with Gasteiger partial charge >= 0.3 is 6.03 Å². The van der Waals surface area contributed by atoms with Crippen molar-refractivity contribution in [3.05, 3.63) is 34.4 Å². The first-order chi connectivity index (χ1) is 8.91. The summed E-state index contributed by atoms with van der Waals surface area (Å²) in [6.45, 7) is 8.66. The fourth-order valence-corrected chi connectivity index (χ4v) is 2.12. The van der Waals surface area contributed by atoms with Crippen LogP contribution < -0.4 is 10.6 Å². The van der Waals surface area contributed by atoms with Crippen LogP contribution in [0, 0.1) is 20.8 Å². The summed E-state index contributed by atoms with van der Waals surface area (Å²) in [7, 11) is 3.48. The number of carbonyl (C=O) groups excluding carboxylic acids is 1. The van der Waals surface area contributed by atoms with Gasteiger partial charge in [-0.15, -0.1) is 0 Å². The lowest BCUT2D eigenvalue weighted by Crippen LogP contribution is -2.38. The van der Waals surface area contributed by atoms with E-state index in [4.69, 9.17) is 0 Å². The van der Waals surface area contributed by atoms with Crippen molar-refractivity contribution in [2.75, 3.05) is 27.2 Å². The van der Waals surface area contributed by atoms with Crippen LogP contribution in [0.5, 0.6) is 0 Å². The maximum atomic E-state index is 11.3. The number of rotatable bonds is 5. The molecule has 0 saturated heterocycles. The molecule has 0 aliphatic heterocycles. The summed E-state index contributed by atoms with van der Waals surface area (Å²) in [5, 5.41) is 6.20. The molecule has 0 aliphatic rings. The Morgan fingerprint density at radius 3 is 2.21 bits per heavy atom. The normalized spacial score (nSPS) is 10.4. The molecule has 0 aliphatic carbocycles. The third kappa shape index (κ3) is 4.91. The standard InChI is InChI=1S/C15H25N3O/c1-11-8-12(2)14(13(3)9-11)10-16-6-7-17-15(19)18(4)5/h8-9,16H,6-7,10H2,1-5H3,(H,17,19). The predicted octanol–water partition coefficient (Wildman–Crippen LogP) is 1.97. The Balaban J connectivity index is 2.36. The summed E-state index contributed by atoms with van der Waals surface area (Å²) in [6, 6.07) is 4.36. The Morgan fingerprint density at radius 1 is 1.11 bits per heavy atom. The van der Waals surface area contributed by atoms with Crippen LogP contribution in [0.3, 0.4) is 0 Å². The van der Waals surface area contributed by atoms with Gasteiger partial charge in [0.1, 0.15) is 0 Å². The average molecular weight is 263 g/mol. The third-order valence-corrected chi connectivity index (χ3v) is 3.13. The molecule has 0 atom stereocenters. The molecule has 0 fully saturated rings. The zero-order valence-corrected chi connectivity index (χ0v) is 12.6. The fourth-order valence-electron chi connectivity index (χ4n) is 2.12. The molecule has 0 radical (unpaired) electrons. The number of nitrogens with one attached hydrogen (secondary N) is 2. The van der Waals surface area contributed by atoms with Gasteiger partial charge in [-0.1, -0.05) is 17.7 Å². The van der Waals surface area contributed by atoms with Crippen LogP contribution in [0.2, 0.25) is 0 Å². The van der Waals surface area contributed by atoms with Gasteiger partial charge in [-0.25, -0.2) is 4.79 Å². The summed E-state index contributed by atoms with van der Waals surface area (Å²) >= 11 is 0. The lowest BCUT2D eigenvalue weighted by molar-refractivity contribution is 0.217. The highest BCUT2D eigenvalue weighted by Crippen LogP contribution is 2.15. The minimum atomic E-state index is -0.0514. The van der Waals surface area contributed by atoms with Gasteiger partial charge in [0.2, 0.25) is 0 Å². The lowest BCUT2D eigenvalue weighted by Gasteiger charge is -2.14. The van der Waals surface area contributed by atoms with Crippen molar-refractivity contribution in [1.29, 1.82) is 0 Å². The second-order valence-corrected chi connectivity index (χ2v) is 5.18. The summed E-state index contributed by atoms with van der Waals surface area (Å²) < 4.78 is 0. The van der Waals surface area contributed by atoms with E-state index < -0.39 is 0 Å². The molecule has 2 amide bonds. The van der Waals surface area contributed by atoms with Crippen molar-refractivity contribution in [2.45, 2.75) is 27.3 Å². The quantitative estimate of drug-likeness (QED) is 0.798. The van der Waals surface area contributed by atoms with Gasteiger partial charge in [-0.2, -0.15) is 0 Å². The van der Waals surface area contributed by atoms with Gasteiger partial charge in [-0.3, -0.25) is 0 Å². The van der Waals surface area contributed by atoms with E-state index >= 15 is 0 Å². The highest BCUT2D eigenvalue weighted by Gasteiger charge is 2.04. The molecule has 19 heavy (non-hydrogen) atoms. The van der Waals surface area contributed by atoms with Crippen LogP contribution in [-0.2, 0) is 6.54 Å². The lowest BCUT2D eigenvalue weighted by atomic mass is 10.00. The summed E-state index contributed by atoms with van der Waals surface area (Å²) in [5.74, 6) is 0. The zero-order valence-electron chi connectivity index (χ0n) is 12.6. The van der Waals surface area contributed by atoms with Crippen LogP contribution in [-0.4, -0.2) is 38.1 Å². The highest BCUT2D eigenvalue weighted by atomic mass is 16.2. The number of carbonyl (C=O) groups is 1. The third-order valence-electron chi connectivity index (χ3n) is 3.13. The van der Waals surface area contributed by atoms with Gasteiger partial charge < -0.3 is 15.5 Å². The minimum Gasteiger partial charge on any atom is -0.337 e. The Hall–Kier alpha value is -1.55. The maximum Gasteiger partial charge on any atom is 0.316 e. The first-order valence-electron chi connectivity index (χ1n) is 6.64. The molecule has 1 aromatic carbocycles. The van der Waals surface area contributed by atoms with Crippen LogP contribution in [0.15, 0.2) is 12.1 Å². The van der Waals surface area contributed by atoms with E-state index in [0.29, 0.717) is 6.54 Å². The van der Waals surface area contributed by atoms with E-state index in [2.05, 4.69) is 43.5 Å². The first-order valence-corrected chi connectivity index (χ1v) is 6.64. The highest BCUT2D eigenvalue weighted by molar-refractivity contribution is 5.73. The molecule has 0 heterocycles. The van der Waals surface area contributed by atoms with Crippen molar-refractivity contribution in [2.24, 2.45) is 0 Å². The summed E-state index contributed by atoms with van der Waals surface area (Å²) in [4.78, 5) is 12.8. The molecule has 0 saturated carbocycles. The Labute approximate surface area is 116 Å². The second kappa shape index (κ2) is 7.14. The maximum absolute atomic E-state index is 11.3. The number of hydrogen-bond acceptors (Lipinski definition) is 2. The predicted molar refractivity (Wildman–Crippen MR) is 79.4 cm³/mol. The van der Waals surface area contributed by atoms with E-state index in [0.717, 1.165) is 13.1 Å². The van der Waals surface area contributed by atoms with Crippen molar-refractivity contribution in [3.63, 3.8) is 0 Å². The molecule has 0 bridgehead atoms. The van der Waals surface area contributed by atoms with E-state index in [1.807, 2.05) is 0 Å². The second-order valence-electron chi connectivity index (χ2n) is 5.18. The smallest absolute Gasteiger partial charge is 0.316 e. The topological polar surface area (TPSA) is 44.4 Å². The van der Waals surface area contributed by atoms with Crippen LogP contribution >= 0.6 is 0 Å². The molecule has 1 aromatic rings. The number of nitrogens with zero attached hydrogens (tertiary/aromatic N) is 1. The SMILES string of the molecule is Cc1cc(C)c(CNCCNC(=O)N(C)C)c(C)c1. The van der Waals surface area contributed by atoms with E-state index in [9.17, 15) is 4.79 Å². The molecule has 106 valence electrons. The molecular formula is C15H25N3O. The molecule has 0 spiro atoms. The van der Waals surface area contributed by atoms with Gasteiger partial charge in [0, 0.05) is 33.7 Å². The van der Waals surface area contributed by atoms with Crippen molar-refractivity contribution >= 4 is 6.03 Å². The molecule has 0 aromatic heterocycles. The Bertz CT molecular complexity index is 418. The summed E-state index contributed by atoms with van der Waals surface area (Å²) in [5.41, 5.74) is 5.30. The van der Waals surface area contributed by atoms with E-state index in [-0.39, 0.29) is 6.03 Å². The van der Waals surface area contributed by atoms with Gasteiger partial charge in [-0.05, 0) is 37.5 Å². The molecular weight excluding hydrogens is 238 g/mol. The molecule has 0 unspecified atom stereocenters. The van der Waals surface area contributed by atoms with Crippen LogP contribution in [0.4, 0.5) is 4.79 Å². The van der Waals surface area contributed by atoms with Gasteiger partial charge in [0.15, 0.2) is 0 Å². The first kappa shape index (κ1) is 15.5. The van der Waals surface area contributed by atoms with Crippen molar-refractivity contribution in [1.82, 2.24) is 15.5 Å². The van der Waals surface area contributed by atoms with Gasteiger partial charge in [0.05, 0.1) is 0 Å². The number of aryl methyl sites for hydroxylation is 3. The largest absolute Gasteiger partial charge is 0.337 e. The minimum absolute atomic E-state index is 0.0514. The van der Waals surface area contributed by atoms with Crippen LogP contribution in [0.1, 0.15) is 22.3 Å². The molecule has 2 N–H and O–H groups in total. The molecule has 4 nitrogen and oxygen atoms in total. The van der Waals surface area contributed by atoms with Crippen molar-refractivity contribution < 1.29 is 4.79 Å². The monoisotopic (exact) mass is 263 g/mol. The van der Waals surface area contributed by atoms with E-state index in [1.165, 1.54) is 27.2 Å². The van der Waals surface area contributed by atoms with E-state index in [1.54, 1.807) is 14.1 Å². The number of benzene rings is 1. The molecule has 4 heteroatoms. The molecule has 1 rings (SSSR count). The number of hydrogen-bond donors (Lipinski definition) is 2. The Morgan fingerprint density at radius 2 is 1.68 bits per heavy atom. The van der Waals surface area contributed by atoms with Crippen molar-refractivity contribution in [3.8, 4) is 0 Å². The summed E-state index contributed by atoms with van der Waals surface area (Å²) in [6.07, 6.45) is 0. The number of amides is 2. The Kier molecular flexibility index (Phi) is 5.83. The average Bonchev–Trinajstić information content (AvgIpc) is 2.30. The number of urea groups is 1. The van der Waals surface area contributed by atoms with Gasteiger partial charge in [0.25, 0.3) is 0 Å². The fraction of sp³-hybridized carbons (Fsp3) is 0.533. The van der Waals surface area contributed by atoms with Crippen LogP contribution in [0.25, 0.3) is 0 Å². The zero-order chi connectivity index (χ0) is 14.4.